The fourth-order valence-corrected chi connectivity index (χ4v) is 2.26. The van der Waals surface area contributed by atoms with E-state index in [2.05, 4.69) is 11.4 Å². The molecule has 3 nitrogen and oxygen atoms in total. The molecule has 0 radical (unpaired) electrons. The summed E-state index contributed by atoms with van der Waals surface area (Å²) in [6.45, 7) is 0. The predicted molar refractivity (Wildman–Crippen MR) is 67.5 cm³/mol. The minimum absolute atomic E-state index is 0.372. The van der Waals surface area contributed by atoms with Gasteiger partial charge in [0.25, 0.3) is 0 Å². The van der Waals surface area contributed by atoms with Crippen LogP contribution in [0.4, 0.5) is 11.4 Å². The molecule has 0 spiro atoms. The van der Waals surface area contributed by atoms with Crippen LogP contribution in [0.5, 0.6) is 0 Å². The highest BCUT2D eigenvalue weighted by Gasteiger charge is 2.18. The highest BCUT2D eigenvalue weighted by Crippen LogP contribution is 2.34. The predicted octanol–water partition coefficient (Wildman–Crippen LogP) is 2.43. The van der Waals surface area contributed by atoms with E-state index in [1.807, 2.05) is 30.3 Å². The summed E-state index contributed by atoms with van der Waals surface area (Å²) < 4.78 is 0. The van der Waals surface area contributed by atoms with Gasteiger partial charge in [-0.3, -0.25) is 4.79 Å². The fraction of sp³-hybridized carbons (Fsp3) is 0.0714. The van der Waals surface area contributed by atoms with Crippen LogP contribution < -0.4 is 11.1 Å². The number of anilines is 2. The van der Waals surface area contributed by atoms with Gasteiger partial charge in [0.05, 0.1) is 0 Å². The smallest absolute Gasteiger partial charge is 0.249 e. The number of nitrogens with one attached hydrogen (secondary N) is 1. The number of fused-ring (bicyclic) bond motifs is 2. The van der Waals surface area contributed by atoms with Crippen LogP contribution in [0.3, 0.4) is 0 Å². The summed E-state index contributed by atoms with van der Waals surface area (Å²) in [5, 5.41) is 3.33. The first-order valence-electron chi connectivity index (χ1n) is 5.52. The van der Waals surface area contributed by atoms with Crippen LogP contribution in [-0.2, 0) is 6.42 Å². The third-order valence-electron chi connectivity index (χ3n) is 3.10. The number of primary amides is 1. The van der Waals surface area contributed by atoms with Gasteiger partial charge in [-0.2, -0.15) is 0 Å². The van der Waals surface area contributed by atoms with Gasteiger partial charge in [-0.15, -0.1) is 0 Å². The van der Waals surface area contributed by atoms with Gasteiger partial charge in [0, 0.05) is 23.4 Å². The molecule has 1 heterocycles. The van der Waals surface area contributed by atoms with Crippen molar-refractivity contribution in [2.24, 2.45) is 5.73 Å². The number of rotatable bonds is 1. The Balaban J connectivity index is 2.15. The maximum absolute atomic E-state index is 11.4. The molecule has 84 valence electrons. The van der Waals surface area contributed by atoms with Crippen LogP contribution in [0.25, 0.3) is 0 Å². The van der Waals surface area contributed by atoms with Crippen LogP contribution in [0.1, 0.15) is 21.5 Å². The van der Waals surface area contributed by atoms with E-state index in [1.54, 1.807) is 6.07 Å². The van der Waals surface area contributed by atoms with Crippen LogP contribution >= 0.6 is 0 Å². The molecule has 0 atom stereocenters. The Hall–Kier alpha value is -2.29. The van der Waals surface area contributed by atoms with Gasteiger partial charge in [0.2, 0.25) is 5.91 Å². The molecule has 0 saturated heterocycles. The zero-order valence-electron chi connectivity index (χ0n) is 9.23. The molecule has 3 rings (SSSR count). The van der Waals surface area contributed by atoms with E-state index in [4.69, 9.17) is 5.73 Å². The lowest BCUT2D eigenvalue weighted by Gasteiger charge is -2.22. The number of hydrogen-bond donors (Lipinski definition) is 2. The molecule has 0 bridgehead atoms. The second-order valence-electron chi connectivity index (χ2n) is 4.15. The summed E-state index contributed by atoms with van der Waals surface area (Å²) >= 11 is 0. The summed E-state index contributed by atoms with van der Waals surface area (Å²) in [6.07, 6.45) is 0.748. The summed E-state index contributed by atoms with van der Waals surface area (Å²) in [4.78, 5) is 11.4. The quantitative estimate of drug-likeness (QED) is 0.667. The van der Waals surface area contributed by atoms with Gasteiger partial charge in [-0.05, 0) is 29.3 Å². The van der Waals surface area contributed by atoms with Gasteiger partial charge in [-0.1, -0.05) is 24.3 Å². The summed E-state index contributed by atoms with van der Waals surface area (Å²) in [6, 6.07) is 13.7. The molecule has 0 saturated carbocycles. The standard InChI is InChI=1S/C14H12N2O/c15-14(17)10-5-3-7-13-11(10)8-9-4-1-2-6-12(9)16-13/h1-7,16H,8H2,(H2,15,17). The molecular weight excluding hydrogens is 212 g/mol. The first-order valence-corrected chi connectivity index (χ1v) is 5.52. The normalized spacial score (nSPS) is 12.2. The molecular formula is C14H12N2O. The number of carbonyl (C=O) groups is 1. The first kappa shape index (κ1) is 9.90. The van der Waals surface area contributed by atoms with Gasteiger partial charge in [0.1, 0.15) is 0 Å². The van der Waals surface area contributed by atoms with E-state index in [9.17, 15) is 4.79 Å². The average Bonchev–Trinajstić information content (AvgIpc) is 2.35. The summed E-state index contributed by atoms with van der Waals surface area (Å²) in [5.74, 6) is -0.372. The Morgan fingerprint density at radius 3 is 2.65 bits per heavy atom. The lowest BCUT2D eigenvalue weighted by molar-refractivity contribution is 0.0999. The summed E-state index contributed by atoms with van der Waals surface area (Å²) in [7, 11) is 0. The molecule has 0 aromatic heterocycles. The zero-order valence-corrected chi connectivity index (χ0v) is 9.23. The average molecular weight is 224 g/mol. The van der Waals surface area contributed by atoms with Crippen molar-refractivity contribution in [3.63, 3.8) is 0 Å². The van der Waals surface area contributed by atoms with Crippen molar-refractivity contribution in [2.45, 2.75) is 6.42 Å². The molecule has 2 aromatic rings. The van der Waals surface area contributed by atoms with E-state index in [1.165, 1.54) is 5.56 Å². The maximum Gasteiger partial charge on any atom is 0.249 e. The minimum Gasteiger partial charge on any atom is -0.366 e. The molecule has 3 N–H and O–H groups in total. The molecule has 1 amide bonds. The van der Waals surface area contributed by atoms with E-state index < -0.39 is 0 Å². The van der Waals surface area contributed by atoms with E-state index >= 15 is 0 Å². The van der Waals surface area contributed by atoms with Crippen LogP contribution in [0.15, 0.2) is 42.5 Å². The molecule has 2 aromatic carbocycles. The molecule has 1 aliphatic rings. The number of hydrogen-bond acceptors (Lipinski definition) is 2. The van der Waals surface area contributed by atoms with Crippen molar-refractivity contribution in [3.8, 4) is 0 Å². The molecule has 1 aliphatic heterocycles. The topological polar surface area (TPSA) is 55.1 Å². The van der Waals surface area contributed by atoms with Crippen LogP contribution in [-0.4, -0.2) is 5.91 Å². The SMILES string of the molecule is NC(=O)c1cccc2c1Cc1ccccc1N2. The number of para-hydroxylation sites is 1. The van der Waals surface area contributed by atoms with Crippen molar-refractivity contribution >= 4 is 17.3 Å². The number of amides is 1. The highest BCUT2D eigenvalue weighted by molar-refractivity contribution is 5.97. The first-order chi connectivity index (χ1) is 8.25. The Morgan fingerprint density at radius 1 is 1.06 bits per heavy atom. The van der Waals surface area contributed by atoms with Crippen molar-refractivity contribution in [1.82, 2.24) is 0 Å². The Labute approximate surface area is 99.3 Å². The lowest BCUT2D eigenvalue weighted by atomic mass is 9.93. The van der Waals surface area contributed by atoms with Crippen molar-refractivity contribution in [3.05, 3.63) is 59.2 Å². The van der Waals surface area contributed by atoms with E-state index in [-0.39, 0.29) is 5.91 Å². The summed E-state index contributed by atoms with van der Waals surface area (Å²) in [5.41, 5.74) is 10.2. The van der Waals surface area contributed by atoms with Gasteiger partial charge < -0.3 is 11.1 Å². The second kappa shape index (κ2) is 3.63. The van der Waals surface area contributed by atoms with Crippen LogP contribution in [0, 0.1) is 0 Å². The largest absolute Gasteiger partial charge is 0.366 e. The molecule has 0 unspecified atom stereocenters. The maximum atomic E-state index is 11.4. The molecule has 17 heavy (non-hydrogen) atoms. The zero-order chi connectivity index (χ0) is 11.8. The molecule has 0 fully saturated rings. The number of benzene rings is 2. The third-order valence-corrected chi connectivity index (χ3v) is 3.10. The third kappa shape index (κ3) is 1.56. The van der Waals surface area contributed by atoms with Crippen molar-refractivity contribution in [1.29, 1.82) is 0 Å². The van der Waals surface area contributed by atoms with Crippen LogP contribution in [0.2, 0.25) is 0 Å². The lowest BCUT2D eigenvalue weighted by Crippen LogP contribution is -2.17. The fourth-order valence-electron chi connectivity index (χ4n) is 2.26. The minimum atomic E-state index is -0.372. The monoisotopic (exact) mass is 224 g/mol. The number of nitrogens with two attached hydrogens (primary N) is 1. The highest BCUT2D eigenvalue weighted by atomic mass is 16.1. The molecule has 0 aliphatic carbocycles. The van der Waals surface area contributed by atoms with Gasteiger partial charge in [-0.25, -0.2) is 0 Å². The Kier molecular flexibility index (Phi) is 2.11. The van der Waals surface area contributed by atoms with Gasteiger partial charge in [0.15, 0.2) is 0 Å². The van der Waals surface area contributed by atoms with E-state index in [0.29, 0.717) is 5.56 Å². The van der Waals surface area contributed by atoms with Crippen molar-refractivity contribution < 1.29 is 4.79 Å². The van der Waals surface area contributed by atoms with E-state index in [0.717, 1.165) is 23.4 Å². The molecule has 3 heteroatoms. The van der Waals surface area contributed by atoms with Crippen molar-refractivity contribution in [2.75, 3.05) is 5.32 Å². The van der Waals surface area contributed by atoms with Gasteiger partial charge >= 0.3 is 0 Å². The Bertz CT molecular complexity index is 605. The second-order valence-corrected chi connectivity index (χ2v) is 4.15. The Morgan fingerprint density at radius 2 is 1.82 bits per heavy atom. The number of carbonyl (C=O) groups excluding carboxylic acids is 1.